The predicted octanol–water partition coefficient (Wildman–Crippen LogP) is 4.74. The van der Waals surface area contributed by atoms with Crippen molar-refractivity contribution in [3.8, 4) is 0 Å². The standard InChI is InChI=1S/C16H18OS2/c1-3-14-8-9-16(19-14)15(17)11-18-10-13-7-5-4-6-12(13)2/h4-9H,3,10-11H2,1-2H3. The van der Waals surface area contributed by atoms with Gasteiger partial charge in [0, 0.05) is 10.6 Å². The van der Waals surface area contributed by atoms with E-state index in [1.165, 1.54) is 16.0 Å². The lowest BCUT2D eigenvalue weighted by molar-refractivity contribution is 0.102. The normalized spacial score (nSPS) is 10.6. The van der Waals surface area contributed by atoms with Gasteiger partial charge in [-0.3, -0.25) is 4.79 Å². The molecule has 2 aromatic rings. The van der Waals surface area contributed by atoms with Gasteiger partial charge in [-0.15, -0.1) is 23.1 Å². The first-order valence-electron chi connectivity index (χ1n) is 6.45. The summed E-state index contributed by atoms with van der Waals surface area (Å²) in [5, 5.41) is 0. The molecular formula is C16H18OS2. The van der Waals surface area contributed by atoms with Crippen molar-refractivity contribution in [1.29, 1.82) is 0 Å². The molecule has 0 fully saturated rings. The monoisotopic (exact) mass is 290 g/mol. The SMILES string of the molecule is CCc1ccc(C(=O)CSCc2ccccc2C)s1. The Morgan fingerprint density at radius 1 is 1.21 bits per heavy atom. The fourth-order valence-electron chi connectivity index (χ4n) is 1.81. The Hall–Kier alpha value is -1.06. The van der Waals surface area contributed by atoms with Gasteiger partial charge in [-0.2, -0.15) is 0 Å². The molecule has 0 bridgehead atoms. The fourth-order valence-corrected chi connectivity index (χ4v) is 3.78. The van der Waals surface area contributed by atoms with E-state index in [4.69, 9.17) is 0 Å². The van der Waals surface area contributed by atoms with Gasteiger partial charge in [0.25, 0.3) is 0 Å². The van der Waals surface area contributed by atoms with Crippen LogP contribution in [0.2, 0.25) is 0 Å². The van der Waals surface area contributed by atoms with Gasteiger partial charge < -0.3 is 0 Å². The van der Waals surface area contributed by atoms with Crippen LogP contribution < -0.4 is 0 Å². The molecule has 3 heteroatoms. The molecule has 2 rings (SSSR count). The van der Waals surface area contributed by atoms with E-state index in [2.05, 4.69) is 38.1 Å². The number of Topliss-reactive ketones (excluding diaryl/α,β-unsaturated/α-hetero) is 1. The zero-order chi connectivity index (χ0) is 13.7. The number of carbonyl (C=O) groups excluding carboxylic acids is 1. The molecule has 0 saturated heterocycles. The Morgan fingerprint density at radius 3 is 2.68 bits per heavy atom. The van der Waals surface area contributed by atoms with Crippen LogP contribution in [0.15, 0.2) is 36.4 Å². The summed E-state index contributed by atoms with van der Waals surface area (Å²) < 4.78 is 0. The summed E-state index contributed by atoms with van der Waals surface area (Å²) in [7, 11) is 0. The second kappa shape index (κ2) is 6.92. The highest BCUT2D eigenvalue weighted by Crippen LogP contribution is 2.21. The Morgan fingerprint density at radius 2 is 2.00 bits per heavy atom. The molecule has 1 nitrogen and oxygen atoms in total. The van der Waals surface area contributed by atoms with Crippen molar-refractivity contribution < 1.29 is 4.79 Å². The molecule has 100 valence electrons. The minimum Gasteiger partial charge on any atom is -0.292 e. The number of thioether (sulfide) groups is 1. The fraction of sp³-hybridized carbons (Fsp3) is 0.312. The lowest BCUT2D eigenvalue weighted by Crippen LogP contribution is -2.00. The van der Waals surface area contributed by atoms with E-state index in [1.807, 2.05) is 12.1 Å². The quantitative estimate of drug-likeness (QED) is 0.715. The first kappa shape index (κ1) is 14.4. The maximum atomic E-state index is 12.0. The van der Waals surface area contributed by atoms with Gasteiger partial charge in [-0.25, -0.2) is 0 Å². The third-order valence-corrected chi connectivity index (χ3v) is 5.29. The summed E-state index contributed by atoms with van der Waals surface area (Å²) in [5.74, 6) is 1.73. The molecule has 0 atom stereocenters. The van der Waals surface area contributed by atoms with Crippen LogP contribution in [-0.4, -0.2) is 11.5 Å². The van der Waals surface area contributed by atoms with Crippen LogP contribution in [0.1, 0.15) is 32.6 Å². The maximum absolute atomic E-state index is 12.0. The molecule has 1 aromatic heterocycles. The molecule has 0 radical (unpaired) electrons. The van der Waals surface area contributed by atoms with Gasteiger partial charge in [0.15, 0.2) is 5.78 Å². The Bertz CT molecular complexity index is 557. The lowest BCUT2D eigenvalue weighted by atomic mass is 10.1. The summed E-state index contributed by atoms with van der Waals surface area (Å²) in [4.78, 5) is 14.2. The van der Waals surface area contributed by atoms with Crippen LogP contribution in [0, 0.1) is 6.92 Å². The van der Waals surface area contributed by atoms with Gasteiger partial charge in [0.05, 0.1) is 10.6 Å². The van der Waals surface area contributed by atoms with E-state index < -0.39 is 0 Å². The highest BCUT2D eigenvalue weighted by atomic mass is 32.2. The second-order valence-electron chi connectivity index (χ2n) is 4.46. The van der Waals surface area contributed by atoms with E-state index in [9.17, 15) is 4.79 Å². The smallest absolute Gasteiger partial charge is 0.182 e. The molecule has 0 aliphatic heterocycles. The Labute approximate surface area is 123 Å². The number of benzene rings is 1. The van der Waals surface area contributed by atoms with Crippen LogP contribution in [0.4, 0.5) is 0 Å². The second-order valence-corrected chi connectivity index (χ2v) is 6.62. The summed E-state index contributed by atoms with van der Waals surface area (Å²) in [5.41, 5.74) is 2.62. The average Bonchev–Trinajstić information content (AvgIpc) is 2.90. The number of thiophene rings is 1. The first-order valence-corrected chi connectivity index (χ1v) is 8.42. The molecule has 0 saturated carbocycles. The topological polar surface area (TPSA) is 17.1 Å². The highest BCUT2D eigenvalue weighted by molar-refractivity contribution is 7.99. The minimum absolute atomic E-state index is 0.253. The van der Waals surface area contributed by atoms with Crippen molar-refractivity contribution >= 4 is 28.9 Å². The zero-order valence-corrected chi connectivity index (χ0v) is 12.9. The summed E-state index contributed by atoms with van der Waals surface area (Å²) in [6.45, 7) is 4.23. The molecule has 0 aliphatic rings. The maximum Gasteiger partial charge on any atom is 0.182 e. The number of carbonyl (C=O) groups is 1. The summed E-state index contributed by atoms with van der Waals surface area (Å²) in [6, 6.07) is 12.4. The van der Waals surface area contributed by atoms with Crippen LogP contribution in [0.3, 0.4) is 0 Å². The van der Waals surface area contributed by atoms with Crippen molar-refractivity contribution in [2.24, 2.45) is 0 Å². The Kier molecular flexibility index (Phi) is 5.23. The van der Waals surface area contributed by atoms with Gasteiger partial charge >= 0.3 is 0 Å². The molecule has 1 aromatic carbocycles. The molecule has 0 amide bonds. The van der Waals surface area contributed by atoms with Crippen LogP contribution >= 0.6 is 23.1 Å². The van der Waals surface area contributed by atoms with Crippen LogP contribution in [-0.2, 0) is 12.2 Å². The van der Waals surface area contributed by atoms with Crippen LogP contribution in [0.5, 0.6) is 0 Å². The van der Waals surface area contributed by atoms with Crippen molar-refractivity contribution in [1.82, 2.24) is 0 Å². The molecule has 19 heavy (non-hydrogen) atoms. The largest absolute Gasteiger partial charge is 0.292 e. The third-order valence-electron chi connectivity index (χ3n) is 3.04. The van der Waals surface area contributed by atoms with E-state index >= 15 is 0 Å². The molecule has 0 spiro atoms. The van der Waals surface area contributed by atoms with E-state index in [0.29, 0.717) is 5.75 Å². The molecule has 0 N–H and O–H groups in total. The summed E-state index contributed by atoms with van der Waals surface area (Å²) >= 11 is 3.32. The van der Waals surface area contributed by atoms with Crippen LogP contribution in [0.25, 0.3) is 0 Å². The number of rotatable bonds is 6. The number of hydrogen-bond donors (Lipinski definition) is 0. The minimum atomic E-state index is 0.253. The lowest BCUT2D eigenvalue weighted by Gasteiger charge is -2.04. The van der Waals surface area contributed by atoms with E-state index in [1.54, 1.807) is 23.1 Å². The predicted molar refractivity (Wildman–Crippen MR) is 85.4 cm³/mol. The van der Waals surface area contributed by atoms with Crippen molar-refractivity contribution in [3.05, 3.63) is 57.3 Å². The molecular weight excluding hydrogens is 272 g/mol. The van der Waals surface area contributed by atoms with E-state index in [0.717, 1.165) is 17.1 Å². The first-order chi connectivity index (χ1) is 9.20. The molecule has 0 unspecified atom stereocenters. The molecule has 1 heterocycles. The van der Waals surface area contributed by atoms with Crippen molar-refractivity contribution in [3.63, 3.8) is 0 Å². The van der Waals surface area contributed by atoms with Gasteiger partial charge in [-0.05, 0) is 36.6 Å². The van der Waals surface area contributed by atoms with Crippen molar-refractivity contribution in [2.45, 2.75) is 26.0 Å². The van der Waals surface area contributed by atoms with Gasteiger partial charge in [0.1, 0.15) is 0 Å². The van der Waals surface area contributed by atoms with Crippen molar-refractivity contribution in [2.75, 3.05) is 5.75 Å². The number of hydrogen-bond acceptors (Lipinski definition) is 3. The van der Waals surface area contributed by atoms with E-state index in [-0.39, 0.29) is 5.78 Å². The average molecular weight is 290 g/mol. The zero-order valence-electron chi connectivity index (χ0n) is 11.3. The number of ketones is 1. The number of aryl methyl sites for hydroxylation is 2. The highest BCUT2D eigenvalue weighted by Gasteiger charge is 2.09. The Balaban J connectivity index is 1.86. The van der Waals surface area contributed by atoms with Gasteiger partial charge in [-0.1, -0.05) is 31.2 Å². The molecule has 0 aliphatic carbocycles. The summed E-state index contributed by atoms with van der Waals surface area (Å²) in [6.07, 6.45) is 1.01. The van der Waals surface area contributed by atoms with Gasteiger partial charge in [0.2, 0.25) is 0 Å². The third kappa shape index (κ3) is 3.95.